The number of fused-ring (bicyclic) bond motifs is 2. The zero-order valence-electron chi connectivity index (χ0n) is 15.4. The molecule has 3 aromatic heterocycles. The lowest BCUT2D eigenvalue weighted by atomic mass is 10.1. The van der Waals surface area contributed by atoms with Crippen molar-refractivity contribution >= 4 is 31.8 Å². The Kier molecular flexibility index (Phi) is 4.34. The largest absolute Gasteiger partial charge is 0.417 e. The number of pyridine rings is 2. The first-order valence-corrected chi connectivity index (χ1v) is 10.3. The van der Waals surface area contributed by atoms with Gasteiger partial charge in [-0.1, -0.05) is 31.2 Å². The van der Waals surface area contributed by atoms with Crippen molar-refractivity contribution in [3.63, 3.8) is 0 Å². The summed E-state index contributed by atoms with van der Waals surface area (Å²) in [7, 11) is -2.15. The predicted octanol–water partition coefficient (Wildman–Crippen LogP) is 4.00. The van der Waals surface area contributed by atoms with Crippen LogP contribution in [0.3, 0.4) is 0 Å². The minimum atomic E-state index is -4.56. The molecule has 0 unspecified atom stereocenters. The van der Waals surface area contributed by atoms with E-state index in [2.05, 4.69) is 15.0 Å². The first kappa shape index (κ1) is 19.3. The van der Waals surface area contributed by atoms with E-state index in [-0.39, 0.29) is 33.3 Å². The zero-order valence-corrected chi connectivity index (χ0v) is 16.2. The van der Waals surface area contributed by atoms with Gasteiger partial charge in [-0.15, -0.1) is 0 Å². The van der Waals surface area contributed by atoms with Gasteiger partial charge in [-0.2, -0.15) is 13.2 Å². The number of benzene rings is 1. The van der Waals surface area contributed by atoms with Gasteiger partial charge in [0, 0.05) is 30.2 Å². The SMILES string of the molecule is CCS(=O)(=O)c1c(-c2nc3cc(C(F)(F)F)cnc3n2C)ncc2ccccc12. The number of aromatic nitrogens is 4. The molecule has 0 radical (unpaired) electrons. The Hall–Kier alpha value is -3.01. The maximum atomic E-state index is 13.0. The van der Waals surface area contributed by atoms with Crippen LogP contribution >= 0.6 is 0 Å². The molecule has 29 heavy (non-hydrogen) atoms. The molecule has 0 atom stereocenters. The standard InChI is InChI=1S/C19H15F3N4O2S/c1-3-29(27,28)16-13-7-5-4-6-11(13)9-23-15(16)18-25-14-8-12(19(20,21)22)10-24-17(14)26(18)2/h4-10H,3H2,1-2H3. The predicted molar refractivity (Wildman–Crippen MR) is 102 cm³/mol. The van der Waals surface area contributed by atoms with Crippen LogP contribution in [-0.4, -0.2) is 33.7 Å². The minimum Gasteiger partial charge on any atom is -0.310 e. The Morgan fingerprint density at radius 2 is 1.83 bits per heavy atom. The fourth-order valence-electron chi connectivity index (χ4n) is 3.20. The van der Waals surface area contributed by atoms with Crippen LogP contribution in [0.4, 0.5) is 13.2 Å². The normalized spacial score (nSPS) is 12.7. The third-order valence-corrected chi connectivity index (χ3v) is 6.49. The van der Waals surface area contributed by atoms with E-state index in [0.717, 1.165) is 12.3 Å². The Balaban J connectivity index is 2.06. The van der Waals surface area contributed by atoms with Gasteiger partial charge in [-0.05, 0) is 6.07 Å². The average Bonchev–Trinajstić information content (AvgIpc) is 3.02. The van der Waals surface area contributed by atoms with Gasteiger partial charge in [0.05, 0.1) is 11.3 Å². The summed E-state index contributed by atoms with van der Waals surface area (Å²) in [6.07, 6.45) is -2.31. The van der Waals surface area contributed by atoms with E-state index in [4.69, 9.17) is 0 Å². The number of aryl methyl sites for hydroxylation is 1. The summed E-state index contributed by atoms with van der Waals surface area (Å²) in [6, 6.07) is 7.79. The molecule has 6 nitrogen and oxygen atoms in total. The van der Waals surface area contributed by atoms with Crippen molar-refractivity contribution in [1.29, 1.82) is 0 Å². The maximum Gasteiger partial charge on any atom is 0.417 e. The molecule has 0 aliphatic rings. The number of imidazole rings is 1. The number of alkyl halides is 3. The van der Waals surface area contributed by atoms with Crippen LogP contribution in [0.2, 0.25) is 0 Å². The van der Waals surface area contributed by atoms with Gasteiger partial charge in [-0.3, -0.25) is 4.98 Å². The van der Waals surface area contributed by atoms with Gasteiger partial charge in [-0.25, -0.2) is 18.4 Å². The van der Waals surface area contributed by atoms with E-state index < -0.39 is 21.6 Å². The second kappa shape index (κ2) is 6.51. The van der Waals surface area contributed by atoms with Crippen molar-refractivity contribution in [3.8, 4) is 11.5 Å². The van der Waals surface area contributed by atoms with Crippen molar-refractivity contribution in [2.75, 3.05) is 5.75 Å². The number of rotatable bonds is 3. The molecular formula is C19H15F3N4O2S. The van der Waals surface area contributed by atoms with Crippen molar-refractivity contribution < 1.29 is 21.6 Å². The monoisotopic (exact) mass is 420 g/mol. The van der Waals surface area contributed by atoms with E-state index in [1.165, 1.54) is 17.7 Å². The highest BCUT2D eigenvalue weighted by molar-refractivity contribution is 7.91. The molecule has 150 valence electrons. The molecule has 0 bridgehead atoms. The Morgan fingerprint density at radius 3 is 2.52 bits per heavy atom. The minimum absolute atomic E-state index is 0.00660. The van der Waals surface area contributed by atoms with Crippen molar-refractivity contribution in [2.24, 2.45) is 7.05 Å². The molecular weight excluding hydrogens is 405 g/mol. The summed E-state index contributed by atoms with van der Waals surface area (Å²) >= 11 is 0. The highest BCUT2D eigenvalue weighted by atomic mass is 32.2. The molecule has 0 saturated carbocycles. The Labute approximate surface area is 164 Å². The second-order valence-corrected chi connectivity index (χ2v) is 8.70. The quantitative estimate of drug-likeness (QED) is 0.501. The third-order valence-electron chi connectivity index (χ3n) is 4.69. The number of nitrogens with zero attached hydrogens (tertiary/aromatic N) is 4. The van der Waals surface area contributed by atoms with Crippen molar-refractivity contribution in [1.82, 2.24) is 19.5 Å². The Bertz CT molecular complexity index is 1360. The van der Waals surface area contributed by atoms with E-state index in [1.807, 2.05) is 0 Å². The van der Waals surface area contributed by atoms with Crippen molar-refractivity contribution in [2.45, 2.75) is 18.0 Å². The van der Waals surface area contributed by atoms with Gasteiger partial charge in [0.25, 0.3) is 0 Å². The van der Waals surface area contributed by atoms with Crippen LogP contribution < -0.4 is 0 Å². The smallest absolute Gasteiger partial charge is 0.310 e. The highest BCUT2D eigenvalue weighted by Gasteiger charge is 2.32. The molecule has 0 N–H and O–H groups in total. The number of sulfone groups is 1. The molecule has 0 saturated heterocycles. The molecule has 0 amide bonds. The van der Waals surface area contributed by atoms with Crippen LogP contribution in [0.1, 0.15) is 12.5 Å². The third kappa shape index (κ3) is 3.13. The zero-order chi connectivity index (χ0) is 21.0. The lowest BCUT2D eigenvalue weighted by Crippen LogP contribution is -2.09. The topological polar surface area (TPSA) is 77.7 Å². The van der Waals surface area contributed by atoms with Crippen LogP contribution in [0, 0.1) is 0 Å². The molecule has 0 aliphatic heterocycles. The molecule has 1 aromatic carbocycles. The molecule has 0 spiro atoms. The fraction of sp³-hybridized carbons (Fsp3) is 0.211. The summed E-state index contributed by atoms with van der Waals surface area (Å²) < 4.78 is 66.3. The molecule has 10 heteroatoms. The van der Waals surface area contributed by atoms with Gasteiger partial charge in [0.1, 0.15) is 16.1 Å². The van der Waals surface area contributed by atoms with Gasteiger partial charge in [0.15, 0.2) is 21.3 Å². The molecule has 4 rings (SSSR count). The van der Waals surface area contributed by atoms with Crippen LogP contribution in [0.15, 0.2) is 47.6 Å². The fourth-order valence-corrected chi connectivity index (χ4v) is 4.45. The summed E-state index contributed by atoms with van der Waals surface area (Å²) in [4.78, 5) is 12.4. The van der Waals surface area contributed by atoms with Gasteiger partial charge in [0.2, 0.25) is 0 Å². The van der Waals surface area contributed by atoms with E-state index in [1.54, 1.807) is 31.3 Å². The van der Waals surface area contributed by atoms with Gasteiger partial charge < -0.3 is 4.57 Å². The average molecular weight is 420 g/mol. The molecule has 0 aliphatic carbocycles. The molecule has 4 aromatic rings. The van der Waals surface area contributed by atoms with E-state index in [0.29, 0.717) is 10.8 Å². The first-order valence-electron chi connectivity index (χ1n) is 8.64. The summed E-state index contributed by atoms with van der Waals surface area (Å²) in [5.41, 5.74) is -0.642. The maximum absolute atomic E-state index is 13.0. The molecule has 3 heterocycles. The summed E-state index contributed by atoms with van der Waals surface area (Å²) in [6.45, 7) is 1.52. The molecule has 0 fully saturated rings. The summed E-state index contributed by atoms with van der Waals surface area (Å²) in [5, 5.41) is 1.12. The summed E-state index contributed by atoms with van der Waals surface area (Å²) in [5.74, 6) is -0.0274. The lowest BCUT2D eigenvalue weighted by molar-refractivity contribution is -0.137. The number of hydrogen-bond acceptors (Lipinski definition) is 5. The lowest BCUT2D eigenvalue weighted by Gasteiger charge is -2.12. The van der Waals surface area contributed by atoms with E-state index >= 15 is 0 Å². The van der Waals surface area contributed by atoms with Crippen LogP contribution in [0.5, 0.6) is 0 Å². The number of halogens is 3. The Morgan fingerprint density at radius 1 is 1.10 bits per heavy atom. The van der Waals surface area contributed by atoms with Crippen LogP contribution in [-0.2, 0) is 23.1 Å². The number of hydrogen-bond donors (Lipinski definition) is 0. The highest BCUT2D eigenvalue weighted by Crippen LogP contribution is 2.35. The van der Waals surface area contributed by atoms with Crippen molar-refractivity contribution in [3.05, 3.63) is 48.3 Å². The second-order valence-electron chi connectivity index (χ2n) is 6.49. The van der Waals surface area contributed by atoms with Gasteiger partial charge >= 0.3 is 6.18 Å². The van der Waals surface area contributed by atoms with E-state index in [9.17, 15) is 21.6 Å². The van der Waals surface area contributed by atoms with Crippen LogP contribution in [0.25, 0.3) is 33.5 Å². The first-order chi connectivity index (χ1) is 13.6.